The van der Waals surface area contributed by atoms with E-state index in [1.807, 2.05) is 30.3 Å². The summed E-state index contributed by atoms with van der Waals surface area (Å²) < 4.78 is 5.33. The molecule has 1 aliphatic heterocycles. The molecular weight excluding hydrogens is 252 g/mol. The number of ether oxygens (including phenoxy) is 1. The zero-order chi connectivity index (χ0) is 13.8. The van der Waals surface area contributed by atoms with Crippen molar-refractivity contribution in [1.29, 1.82) is 0 Å². The minimum Gasteiger partial charge on any atom is -0.381 e. The maximum absolute atomic E-state index is 12.2. The van der Waals surface area contributed by atoms with Gasteiger partial charge in [0.2, 0.25) is 0 Å². The van der Waals surface area contributed by atoms with Crippen LogP contribution >= 0.6 is 0 Å². The average molecular weight is 270 g/mol. The van der Waals surface area contributed by atoms with E-state index in [4.69, 9.17) is 4.74 Å². The molecular formula is C16H18N2O2. The Bertz CT molecular complexity index is 601. The molecule has 4 nitrogen and oxygen atoms in total. The van der Waals surface area contributed by atoms with E-state index >= 15 is 0 Å². The quantitative estimate of drug-likeness (QED) is 0.928. The first-order chi connectivity index (χ1) is 9.84. The van der Waals surface area contributed by atoms with Gasteiger partial charge in [-0.15, -0.1) is 0 Å². The summed E-state index contributed by atoms with van der Waals surface area (Å²) in [6.07, 6.45) is 3.75. The number of aromatic nitrogens is 1. The molecule has 0 spiro atoms. The highest BCUT2D eigenvalue weighted by molar-refractivity contribution is 6.05. The van der Waals surface area contributed by atoms with Gasteiger partial charge in [-0.25, -0.2) is 0 Å². The molecule has 2 heterocycles. The molecule has 0 radical (unpaired) electrons. The summed E-state index contributed by atoms with van der Waals surface area (Å²) in [6, 6.07) is 9.73. The topological polar surface area (TPSA) is 51.2 Å². The number of benzene rings is 1. The Morgan fingerprint density at radius 2 is 2.25 bits per heavy atom. The van der Waals surface area contributed by atoms with Crippen LogP contribution in [0.15, 0.2) is 36.5 Å². The van der Waals surface area contributed by atoms with Gasteiger partial charge >= 0.3 is 0 Å². The highest BCUT2D eigenvalue weighted by atomic mass is 16.5. The fraction of sp³-hybridized carbons (Fsp3) is 0.375. The maximum Gasteiger partial charge on any atom is 0.270 e. The summed E-state index contributed by atoms with van der Waals surface area (Å²) in [4.78, 5) is 16.4. The van der Waals surface area contributed by atoms with Crippen molar-refractivity contribution in [3.63, 3.8) is 0 Å². The number of carbonyl (C=O) groups excluding carboxylic acids is 1. The number of pyridine rings is 1. The fourth-order valence-corrected chi connectivity index (χ4v) is 2.59. The predicted molar refractivity (Wildman–Crippen MR) is 77.6 cm³/mol. The Labute approximate surface area is 118 Å². The normalized spacial score (nSPS) is 18.3. The van der Waals surface area contributed by atoms with E-state index in [0.717, 1.165) is 36.8 Å². The third kappa shape index (κ3) is 2.80. The summed E-state index contributed by atoms with van der Waals surface area (Å²) in [6.45, 7) is 2.35. The molecule has 1 N–H and O–H groups in total. The molecule has 1 fully saturated rings. The maximum atomic E-state index is 12.2. The highest BCUT2D eigenvalue weighted by Gasteiger charge is 2.16. The Kier molecular flexibility index (Phi) is 3.92. The van der Waals surface area contributed by atoms with Gasteiger partial charge in [0.1, 0.15) is 5.69 Å². The van der Waals surface area contributed by atoms with Gasteiger partial charge in [-0.05, 0) is 30.2 Å². The highest BCUT2D eigenvalue weighted by Crippen LogP contribution is 2.17. The predicted octanol–water partition coefficient (Wildman–Crippen LogP) is 2.39. The molecule has 1 aliphatic rings. The van der Waals surface area contributed by atoms with Crippen LogP contribution in [0.2, 0.25) is 0 Å². The van der Waals surface area contributed by atoms with E-state index in [1.165, 1.54) is 0 Å². The second-order valence-electron chi connectivity index (χ2n) is 5.15. The number of nitrogens with one attached hydrogen (secondary N) is 1. The first-order valence-electron chi connectivity index (χ1n) is 7.04. The molecule has 20 heavy (non-hydrogen) atoms. The van der Waals surface area contributed by atoms with Crippen molar-refractivity contribution in [2.45, 2.75) is 12.8 Å². The molecule has 0 aliphatic carbocycles. The van der Waals surface area contributed by atoms with Crippen LogP contribution in [0.4, 0.5) is 0 Å². The Balaban J connectivity index is 1.66. The van der Waals surface area contributed by atoms with Crippen LogP contribution in [-0.2, 0) is 4.74 Å². The van der Waals surface area contributed by atoms with Gasteiger partial charge in [-0.1, -0.05) is 24.3 Å². The number of nitrogens with zero attached hydrogens (tertiary/aromatic N) is 1. The molecule has 1 saturated heterocycles. The Hall–Kier alpha value is -1.94. The first kappa shape index (κ1) is 13.1. The van der Waals surface area contributed by atoms with Gasteiger partial charge in [0.15, 0.2) is 0 Å². The standard InChI is InChI=1S/C16H18N2O2/c19-16(18-8-5-12-7-10-20-11-12)15-14-4-2-1-3-13(14)6-9-17-15/h1-4,6,9,12H,5,7-8,10-11H2,(H,18,19). The third-order valence-electron chi connectivity index (χ3n) is 3.75. The number of amides is 1. The van der Waals surface area contributed by atoms with E-state index in [-0.39, 0.29) is 5.91 Å². The van der Waals surface area contributed by atoms with Crippen LogP contribution in [0, 0.1) is 5.92 Å². The van der Waals surface area contributed by atoms with Gasteiger partial charge in [0.25, 0.3) is 5.91 Å². The lowest BCUT2D eigenvalue weighted by molar-refractivity contribution is 0.0947. The lowest BCUT2D eigenvalue weighted by Crippen LogP contribution is -2.27. The molecule has 1 atom stereocenters. The molecule has 0 bridgehead atoms. The van der Waals surface area contributed by atoms with Crippen molar-refractivity contribution in [3.8, 4) is 0 Å². The molecule has 104 valence electrons. The van der Waals surface area contributed by atoms with E-state index in [9.17, 15) is 4.79 Å². The van der Waals surface area contributed by atoms with E-state index in [1.54, 1.807) is 6.20 Å². The van der Waals surface area contributed by atoms with Gasteiger partial charge in [-0.3, -0.25) is 9.78 Å². The summed E-state index contributed by atoms with van der Waals surface area (Å²) in [5.74, 6) is 0.483. The van der Waals surface area contributed by atoms with Gasteiger partial charge in [-0.2, -0.15) is 0 Å². The summed E-state index contributed by atoms with van der Waals surface area (Å²) >= 11 is 0. The largest absolute Gasteiger partial charge is 0.381 e. The minimum absolute atomic E-state index is 0.0966. The van der Waals surface area contributed by atoms with E-state index in [0.29, 0.717) is 18.2 Å². The number of fused-ring (bicyclic) bond motifs is 1. The van der Waals surface area contributed by atoms with Crippen molar-refractivity contribution in [1.82, 2.24) is 10.3 Å². The SMILES string of the molecule is O=C(NCCC1CCOC1)c1nccc2ccccc12. The van der Waals surface area contributed by atoms with Crippen LogP contribution in [0.3, 0.4) is 0 Å². The summed E-state index contributed by atoms with van der Waals surface area (Å²) in [5.41, 5.74) is 0.505. The second-order valence-corrected chi connectivity index (χ2v) is 5.15. The van der Waals surface area contributed by atoms with Gasteiger partial charge in [0, 0.05) is 31.3 Å². The van der Waals surface area contributed by atoms with Crippen molar-refractivity contribution >= 4 is 16.7 Å². The number of rotatable bonds is 4. The smallest absolute Gasteiger partial charge is 0.270 e. The van der Waals surface area contributed by atoms with Crippen molar-refractivity contribution in [2.75, 3.05) is 19.8 Å². The molecule has 1 unspecified atom stereocenters. The molecule has 1 aromatic carbocycles. The van der Waals surface area contributed by atoms with Crippen LogP contribution in [0.25, 0.3) is 10.8 Å². The van der Waals surface area contributed by atoms with Crippen LogP contribution < -0.4 is 5.32 Å². The monoisotopic (exact) mass is 270 g/mol. The third-order valence-corrected chi connectivity index (χ3v) is 3.75. The van der Waals surface area contributed by atoms with Crippen LogP contribution in [0.1, 0.15) is 23.3 Å². The van der Waals surface area contributed by atoms with Gasteiger partial charge < -0.3 is 10.1 Å². The first-order valence-corrected chi connectivity index (χ1v) is 7.04. The average Bonchev–Trinajstić information content (AvgIpc) is 3.00. The number of carbonyl (C=O) groups is 1. The summed E-state index contributed by atoms with van der Waals surface area (Å²) in [7, 11) is 0. The molecule has 3 rings (SSSR count). The fourth-order valence-electron chi connectivity index (χ4n) is 2.59. The van der Waals surface area contributed by atoms with Crippen molar-refractivity contribution < 1.29 is 9.53 Å². The minimum atomic E-state index is -0.0966. The Morgan fingerprint density at radius 1 is 1.35 bits per heavy atom. The summed E-state index contributed by atoms with van der Waals surface area (Å²) in [5, 5.41) is 4.90. The van der Waals surface area contributed by atoms with Crippen LogP contribution in [0.5, 0.6) is 0 Å². The van der Waals surface area contributed by atoms with Crippen LogP contribution in [-0.4, -0.2) is 30.6 Å². The molecule has 1 aromatic heterocycles. The number of hydrogen-bond donors (Lipinski definition) is 1. The zero-order valence-electron chi connectivity index (χ0n) is 11.3. The van der Waals surface area contributed by atoms with E-state index < -0.39 is 0 Å². The lowest BCUT2D eigenvalue weighted by Gasteiger charge is -2.09. The lowest BCUT2D eigenvalue weighted by atomic mass is 10.1. The molecule has 1 amide bonds. The van der Waals surface area contributed by atoms with Gasteiger partial charge in [0.05, 0.1) is 0 Å². The van der Waals surface area contributed by atoms with Crippen molar-refractivity contribution in [2.24, 2.45) is 5.92 Å². The number of hydrogen-bond acceptors (Lipinski definition) is 3. The zero-order valence-corrected chi connectivity index (χ0v) is 11.3. The van der Waals surface area contributed by atoms with Crippen molar-refractivity contribution in [3.05, 3.63) is 42.2 Å². The second kappa shape index (κ2) is 6.01. The van der Waals surface area contributed by atoms with E-state index in [2.05, 4.69) is 10.3 Å². The molecule has 2 aromatic rings. The molecule has 0 saturated carbocycles. The Morgan fingerprint density at radius 3 is 3.10 bits per heavy atom. The molecule has 4 heteroatoms.